The molecule has 0 radical (unpaired) electrons. The minimum absolute atomic E-state index is 0.00898. The molecule has 0 unspecified atom stereocenters. The molecule has 8 nitrogen and oxygen atoms in total. The Labute approximate surface area is 169 Å². The third kappa shape index (κ3) is 6.28. The molecule has 0 atom stereocenters. The first-order chi connectivity index (χ1) is 14.0. The van der Waals surface area contributed by atoms with E-state index in [0.29, 0.717) is 12.2 Å². The standard InChI is InChI=1S/C20H27FN6O2/c1-26(8-2-3-9-27-10-4-5-11-27)20(28)25-18-13-19(24-14-23-18)29-17-7-6-15(22)12-16(17)21/h6-7,12-14H,2-5,8-11,22H2,1H3,(H,23,24,25,28). The van der Waals surface area contributed by atoms with E-state index in [9.17, 15) is 9.18 Å². The number of carbonyl (C=O) groups excluding carboxylic acids is 1. The van der Waals surface area contributed by atoms with Crippen LogP contribution in [0.2, 0.25) is 0 Å². The van der Waals surface area contributed by atoms with Crippen molar-refractivity contribution < 1.29 is 13.9 Å². The molecule has 0 saturated carbocycles. The Morgan fingerprint density at radius 3 is 2.83 bits per heavy atom. The Balaban J connectivity index is 1.47. The first-order valence-corrected chi connectivity index (χ1v) is 9.80. The fourth-order valence-electron chi connectivity index (χ4n) is 3.17. The second-order valence-electron chi connectivity index (χ2n) is 7.14. The van der Waals surface area contributed by atoms with Crippen molar-refractivity contribution in [2.24, 2.45) is 0 Å². The first kappa shape index (κ1) is 20.8. The lowest BCUT2D eigenvalue weighted by atomic mass is 10.3. The van der Waals surface area contributed by atoms with Gasteiger partial charge in [-0.2, -0.15) is 0 Å². The van der Waals surface area contributed by atoms with Gasteiger partial charge in [0.25, 0.3) is 0 Å². The quantitative estimate of drug-likeness (QED) is 0.519. The van der Waals surface area contributed by atoms with Crippen molar-refractivity contribution in [1.29, 1.82) is 0 Å². The van der Waals surface area contributed by atoms with Crippen LogP contribution in [0.25, 0.3) is 0 Å². The highest BCUT2D eigenvalue weighted by atomic mass is 19.1. The van der Waals surface area contributed by atoms with Crippen LogP contribution in [0.3, 0.4) is 0 Å². The van der Waals surface area contributed by atoms with E-state index < -0.39 is 5.82 Å². The number of nitrogens with two attached hydrogens (primary N) is 1. The monoisotopic (exact) mass is 402 g/mol. The summed E-state index contributed by atoms with van der Waals surface area (Å²) in [5, 5.41) is 2.71. The highest BCUT2D eigenvalue weighted by Crippen LogP contribution is 2.25. The smallest absolute Gasteiger partial charge is 0.322 e. The minimum atomic E-state index is -0.595. The molecule has 0 spiro atoms. The molecule has 3 rings (SSSR count). The lowest BCUT2D eigenvalue weighted by Gasteiger charge is -2.19. The lowest BCUT2D eigenvalue weighted by Crippen LogP contribution is -2.33. The van der Waals surface area contributed by atoms with Crippen LogP contribution in [0.5, 0.6) is 11.6 Å². The summed E-state index contributed by atoms with van der Waals surface area (Å²) in [5.41, 5.74) is 5.83. The number of urea groups is 1. The Morgan fingerprint density at radius 2 is 2.07 bits per heavy atom. The van der Waals surface area contributed by atoms with Gasteiger partial charge in [-0.1, -0.05) is 0 Å². The van der Waals surface area contributed by atoms with Crippen LogP contribution in [0.4, 0.5) is 20.7 Å². The number of nitrogen functional groups attached to an aromatic ring is 1. The van der Waals surface area contributed by atoms with Crippen LogP contribution >= 0.6 is 0 Å². The Hall–Kier alpha value is -2.94. The molecule has 156 valence electrons. The van der Waals surface area contributed by atoms with Crippen molar-refractivity contribution >= 4 is 17.5 Å². The van der Waals surface area contributed by atoms with Crippen LogP contribution in [-0.4, -0.2) is 59.0 Å². The van der Waals surface area contributed by atoms with E-state index in [-0.39, 0.29) is 23.5 Å². The second-order valence-corrected chi connectivity index (χ2v) is 7.14. The number of unbranched alkanes of at least 4 members (excludes halogenated alkanes) is 1. The van der Waals surface area contributed by atoms with Gasteiger partial charge in [-0.05, 0) is 57.5 Å². The SMILES string of the molecule is CN(CCCCN1CCCC1)C(=O)Nc1cc(Oc2ccc(N)cc2F)ncn1. The van der Waals surface area contributed by atoms with Crippen LogP contribution in [0.1, 0.15) is 25.7 Å². The van der Waals surface area contributed by atoms with Crippen LogP contribution in [0, 0.1) is 5.82 Å². The normalized spacial score (nSPS) is 14.0. The first-order valence-electron chi connectivity index (χ1n) is 9.80. The summed E-state index contributed by atoms with van der Waals surface area (Å²) < 4.78 is 19.3. The van der Waals surface area contributed by atoms with E-state index in [4.69, 9.17) is 10.5 Å². The average molecular weight is 402 g/mol. The van der Waals surface area contributed by atoms with Crippen LogP contribution in [0.15, 0.2) is 30.6 Å². The lowest BCUT2D eigenvalue weighted by molar-refractivity contribution is 0.220. The largest absolute Gasteiger partial charge is 0.436 e. The molecule has 2 heterocycles. The molecule has 1 fully saturated rings. The van der Waals surface area contributed by atoms with Gasteiger partial charge in [-0.25, -0.2) is 19.2 Å². The fraction of sp³-hybridized carbons (Fsp3) is 0.450. The maximum atomic E-state index is 13.9. The van der Waals surface area contributed by atoms with E-state index in [1.165, 1.54) is 50.5 Å². The number of anilines is 2. The Morgan fingerprint density at radius 1 is 1.28 bits per heavy atom. The number of ether oxygens (including phenoxy) is 1. The number of carbonyl (C=O) groups is 1. The van der Waals surface area contributed by atoms with E-state index in [0.717, 1.165) is 25.5 Å². The predicted molar refractivity (Wildman–Crippen MR) is 109 cm³/mol. The van der Waals surface area contributed by atoms with Gasteiger partial charge in [0, 0.05) is 31.4 Å². The van der Waals surface area contributed by atoms with Crippen molar-refractivity contribution in [3.63, 3.8) is 0 Å². The van der Waals surface area contributed by atoms with Gasteiger partial charge >= 0.3 is 6.03 Å². The average Bonchev–Trinajstić information content (AvgIpc) is 3.21. The maximum Gasteiger partial charge on any atom is 0.322 e. The van der Waals surface area contributed by atoms with Gasteiger partial charge in [0.2, 0.25) is 5.88 Å². The maximum absolute atomic E-state index is 13.9. The van der Waals surface area contributed by atoms with Gasteiger partial charge in [-0.3, -0.25) is 5.32 Å². The zero-order valence-corrected chi connectivity index (χ0v) is 16.6. The molecule has 1 aliphatic heterocycles. The number of nitrogens with one attached hydrogen (secondary N) is 1. The third-order valence-electron chi connectivity index (χ3n) is 4.81. The number of likely N-dealkylation sites (tertiary alicyclic amines) is 1. The molecule has 0 bridgehead atoms. The zero-order valence-electron chi connectivity index (χ0n) is 16.6. The van der Waals surface area contributed by atoms with Gasteiger partial charge in [-0.15, -0.1) is 0 Å². The van der Waals surface area contributed by atoms with Gasteiger partial charge < -0.3 is 20.3 Å². The molecule has 1 aliphatic rings. The van der Waals surface area contributed by atoms with Gasteiger partial charge in [0.1, 0.15) is 12.1 Å². The summed E-state index contributed by atoms with van der Waals surface area (Å²) in [6.45, 7) is 4.12. The van der Waals surface area contributed by atoms with Crippen molar-refractivity contribution in [2.75, 3.05) is 44.3 Å². The molecular weight excluding hydrogens is 375 g/mol. The summed E-state index contributed by atoms with van der Waals surface area (Å²) in [5.74, 6) is -0.208. The molecule has 29 heavy (non-hydrogen) atoms. The second kappa shape index (κ2) is 10.0. The van der Waals surface area contributed by atoms with Crippen molar-refractivity contribution in [3.05, 3.63) is 36.4 Å². The van der Waals surface area contributed by atoms with Gasteiger partial charge in [0.05, 0.1) is 0 Å². The van der Waals surface area contributed by atoms with Crippen molar-refractivity contribution in [1.82, 2.24) is 19.8 Å². The van der Waals surface area contributed by atoms with E-state index in [2.05, 4.69) is 20.2 Å². The van der Waals surface area contributed by atoms with Crippen LogP contribution in [-0.2, 0) is 0 Å². The summed E-state index contributed by atoms with van der Waals surface area (Å²) in [7, 11) is 1.74. The van der Waals surface area contributed by atoms with E-state index in [1.54, 1.807) is 11.9 Å². The van der Waals surface area contributed by atoms with Crippen molar-refractivity contribution in [3.8, 4) is 11.6 Å². The van der Waals surface area contributed by atoms with Crippen LogP contribution < -0.4 is 15.8 Å². The number of benzene rings is 1. The summed E-state index contributed by atoms with van der Waals surface area (Å²) in [4.78, 5) is 24.4. The number of halogens is 1. The fourth-order valence-corrected chi connectivity index (χ4v) is 3.17. The molecule has 2 amide bonds. The molecule has 3 N–H and O–H groups in total. The topological polar surface area (TPSA) is 96.6 Å². The molecular formula is C20H27FN6O2. The summed E-state index contributed by atoms with van der Waals surface area (Å²) in [6, 6.07) is 5.28. The number of hydrogen-bond donors (Lipinski definition) is 2. The zero-order chi connectivity index (χ0) is 20.6. The number of rotatable bonds is 8. The molecule has 1 saturated heterocycles. The van der Waals surface area contributed by atoms with E-state index in [1.807, 2.05) is 0 Å². The highest BCUT2D eigenvalue weighted by molar-refractivity contribution is 5.88. The minimum Gasteiger partial charge on any atom is -0.436 e. The van der Waals surface area contributed by atoms with Crippen molar-refractivity contribution in [2.45, 2.75) is 25.7 Å². The third-order valence-corrected chi connectivity index (χ3v) is 4.81. The molecule has 1 aromatic carbocycles. The Kier molecular flexibility index (Phi) is 7.18. The molecule has 2 aromatic rings. The van der Waals surface area contributed by atoms with Gasteiger partial charge in [0.15, 0.2) is 11.6 Å². The highest BCUT2D eigenvalue weighted by Gasteiger charge is 2.13. The predicted octanol–water partition coefficient (Wildman–Crippen LogP) is 3.33. The molecule has 1 aromatic heterocycles. The molecule has 9 heteroatoms. The summed E-state index contributed by atoms with van der Waals surface area (Å²) >= 11 is 0. The number of amides is 2. The number of aromatic nitrogens is 2. The number of hydrogen-bond acceptors (Lipinski definition) is 6. The van der Waals surface area contributed by atoms with E-state index >= 15 is 0 Å². The molecule has 0 aliphatic carbocycles. The Bertz CT molecular complexity index is 828. The summed E-state index contributed by atoms with van der Waals surface area (Å²) in [6.07, 6.45) is 5.83. The number of nitrogens with zero attached hydrogens (tertiary/aromatic N) is 4.